The first kappa shape index (κ1) is 25.9. The predicted octanol–water partition coefficient (Wildman–Crippen LogP) is 0.518. The molecule has 10 heteroatoms. The number of hydrogen-bond acceptors (Lipinski definition) is 8. The molecule has 2 saturated heterocycles. The number of aromatic nitrogens is 1. The van der Waals surface area contributed by atoms with Crippen LogP contribution in [0, 0.1) is 0 Å². The van der Waals surface area contributed by atoms with E-state index in [9.17, 15) is 9.59 Å². The summed E-state index contributed by atoms with van der Waals surface area (Å²) in [4.78, 5) is 36.0. The second-order valence-corrected chi connectivity index (χ2v) is 8.94. The molecule has 0 radical (unpaired) electrons. The fourth-order valence-corrected chi connectivity index (χ4v) is 4.62. The first-order valence-corrected chi connectivity index (χ1v) is 12.5. The molecule has 36 heavy (non-hydrogen) atoms. The molecule has 2 aromatic rings. The summed E-state index contributed by atoms with van der Waals surface area (Å²) in [5.74, 6) is -0.366. The van der Waals surface area contributed by atoms with E-state index in [0.29, 0.717) is 32.8 Å². The number of amides is 2. The molecule has 2 fully saturated rings. The molecule has 2 amide bonds. The lowest BCUT2D eigenvalue weighted by molar-refractivity contribution is -0.139. The maximum absolute atomic E-state index is 12.5. The van der Waals surface area contributed by atoms with Gasteiger partial charge in [0.15, 0.2) is 0 Å². The van der Waals surface area contributed by atoms with Crippen molar-refractivity contribution in [3.63, 3.8) is 0 Å². The third-order valence-electron chi connectivity index (χ3n) is 6.74. The molecule has 0 unspecified atom stereocenters. The van der Waals surface area contributed by atoms with Gasteiger partial charge in [-0.3, -0.25) is 24.4 Å². The van der Waals surface area contributed by atoms with Gasteiger partial charge in [-0.1, -0.05) is 6.07 Å². The monoisotopic (exact) mass is 496 g/mol. The van der Waals surface area contributed by atoms with Crippen LogP contribution in [0.1, 0.15) is 11.6 Å². The molecule has 4 rings (SSSR count). The Labute approximate surface area is 212 Å². The van der Waals surface area contributed by atoms with Crippen LogP contribution in [0.3, 0.4) is 0 Å². The largest absolute Gasteiger partial charge is 0.497 e. The van der Waals surface area contributed by atoms with Gasteiger partial charge in [0.2, 0.25) is 0 Å². The van der Waals surface area contributed by atoms with Crippen molar-refractivity contribution < 1.29 is 19.1 Å². The summed E-state index contributed by atoms with van der Waals surface area (Å²) in [6, 6.07) is 11.9. The molecule has 10 nitrogen and oxygen atoms in total. The highest BCUT2D eigenvalue weighted by Gasteiger charge is 2.27. The van der Waals surface area contributed by atoms with Crippen LogP contribution in [0.5, 0.6) is 5.75 Å². The Hall–Kier alpha value is -3.21. The second kappa shape index (κ2) is 13.2. The molecule has 1 aromatic heterocycles. The number of nitrogens with one attached hydrogen (secondary N) is 2. The molecule has 2 N–H and O–H groups in total. The van der Waals surface area contributed by atoms with Crippen LogP contribution >= 0.6 is 0 Å². The maximum Gasteiger partial charge on any atom is 0.309 e. The molecule has 0 bridgehead atoms. The first-order valence-electron chi connectivity index (χ1n) is 12.5. The zero-order valence-electron chi connectivity index (χ0n) is 20.9. The number of hydrogen-bond donors (Lipinski definition) is 2. The van der Waals surface area contributed by atoms with Gasteiger partial charge in [0, 0.05) is 77.0 Å². The molecular formula is C26H36N6O4. The Morgan fingerprint density at radius 2 is 1.72 bits per heavy atom. The normalized spacial score (nSPS) is 17.9. The van der Waals surface area contributed by atoms with Crippen molar-refractivity contribution in [1.29, 1.82) is 0 Å². The minimum atomic E-state index is -0.609. The number of benzene rings is 1. The first-order chi connectivity index (χ1) is 17.6. The molecule has 0 saturated carbocycles. The van der Waals surface area contributed by atoms with Crippen LogP contribution in [0.4, 0.5) is 5.69 Å². The molecule has 1 atom stereocenters. The SMILES string of the molecule is COc1ccc(N2CCN([C@@H](CNC(=O)C(=O)NCCN3CCOCC3)c3cccnc3)CC2)cc1. The van der Waals surface area contributed by atoms with Crippen molar-refractivity contribution in [1.82, 2.24) is 25.4 Å². The van der Waals surface area contributed by atoms with E-state index in [1.807, 2.05) is 30.5 Å². The van der Waals surface area contributed by atoms with E-state index in [1.165, 1.54) is 0 Å². The lowest BCUT2D eigenvalue weighted by Gasteiger charge is -2.40. The number of morpholine rings is 1. The third kappa shape index (κ3) is 7.16. The zero-order chi connectivity index (χ0) is 25.2. The van der Waals surface area contributed by atoms with Crippen LogP contribution in [0.15, 0.2) is 48.8 Å². The highest BCUT2D eigenvalue weighted by molar-refractivity contribution is 6.35. The van der Waals surface area contributed by atoms with Gasteiger partial charge in [-0.05, 0) is 35.9 Å². The van der Waals surface area contributed by atoms with E-state index in [2.05, 4.69) is 42.5 Å². The zero-order valence-corrected chi connectivity index (χ0v) is 20.9. The number of nitrogens with zero attached hydrogens (tertiary/aromatic N) is 4. The third-order valence-corrected chi connectivity index (χ3v) is 6.74. The molecule has 3 heterocycles. The van der Waals surface area contributed by atoms with E-state index in [4.69, 9.17) is 9.47 Å². The second-order valence-electron chi connectivity index (χ2n) is 8.94. The van der Waals surface area contributed by atoms with Gasteiger partial charge in [0.25, 0.3) is 0 Å². The summed E-state index contributed by atoms with van der Waals surface area (Å²) in [5, 5.41) is 5.57. The average molecular weight is 497 g/mol. The fourth-order valence-electron chi connectivity index (χ4n) is 4.62. The summed E-state index contributed by atoms with van der Waals surface area (Å²) >= 11 is 0. The topological polar surface area (TPSA) is 99.3 Å². The number of methoxy groups -OCH3 is 1. The Morgan fingerprint density at radius 3 is 2.39 bits per heavy atom. The molecule has 0 spiro atoms. The number of carbonyl (C=O) groups is 2. The number of rotatable bonds is 9. The molecule has 0 aliphatic carbocycles. The van der Waals surface area contributed by atoms with Gasteiger partial charge < -0.3 is 25.0 Å². The van der Waals surface area contributed by atoms with Crippen molar-refractivity contribution in [2.24, 2.45) is 0 Å². The smallest absolute Gasteiger partial charge is 0.309 e. The molecule has 2 aliphatic rings. The van der Waals surface area contributed by atoms with Gasteiger partial charge in [-0.2, -0.15) is 0 Å². The Kier molecular flexibility index (Phi) is 9.48. The van der Waals surface area contributed by atoms with E-state index >= 15 is 0 Å². The van der Waals surface area contributed by atoms with Crippen LogP contribution in [-0.2, 0) is 14.3 Å². The summed E-state index contributed by atoms with van der Waals surface area (Å²) in [6.07, 6.45) is 3.57. The summed E-state index contributed by atoms with van der Waals surface area (Å²) in [5.41, 5.74) is 2.18. The van der Waals surface area contributed by atoms with Crippen LogP contribution in [0.25, 0.3) is 0 Å². The van der Waals surface area contributed by atoms with Crippen molar-refractivity contribution in [2.45, 2.75) is 6.04 Å². The predicted molar refractivity (Wildman–Crippen MR) is 137 cm³/mol. The quantitative estimate of drug-likeness (QED) is 0.485. The lowest BCUT2D eigenvalue weighted by Crippen LogP contribution is -2.51. The van der Waals surface area contributed by atoms with Crippen LogP contribution in [0.2, 0.25) is 0 Å². The van der Waals surface area contributed by atoms with Gasteiger partial charge >= 0.3 is 11.8 Å². The van der Waals surface area contributed by atoms with Crippen LogP contribution < -0.4 is 20.3 Å². The summed E-state index contributed by atoms with van der Waals surface area (Å²) < 4.78 is 10.6. The number of piperazine rings is 1. The highest BCUT2D eigenvalue weighted by Crippen LogP contribution is 2.25. The van der Waals surface area contributed by atoms with Crippen molar-refractivity contribution >= 4 is 17.5 Å². The number of ether oxygens (including phenoxy) is 2. The standard InChI is InChI=1S/C26H36N6O4/c1-35-23-6-4-22(5-7-23)31-11-13-32(14-12-31)24(21-3-2-8-27-19-21)20-29-26(34)25(33)28-9-10-30-15-17-36-18-16-30/h2-8,19,24H,9-18,20H2,1H3,(H,28,33)(H,29,34)/t24-/m0/s1. The van der Waals surface area contributed by atoms with E-state index in [1.54, 1.807) is 13.3 Å². The number of pyridine rings is 1. The molecular weight excluding hydrogens is 460 g/mol. The highest BCUT2D eigenvalue weighted by atomic mass is 16.5. The van der Waals surface area contributed by atoms with Gasteiger partial charge in [-0.15, -0.1) is 0 Å². The van der Waals surface area contributed by atoms with Crippen molar-refractivity contribution in [3.05, 3.63) is 54.4 Å². The molecule has 194 valence electrons. The van der Waals surface area contributed by atoms with Gasteiger partial charge in [0.1, 0.15) is 5.75 Å². The molecule has 1 aromatic carbocycles. The summed E-state index contributed by atoms with van der Waals surface area (Å²) in [7, 11) is 1.67. The Balaban J connectivity index is 1.29. The van der Waals surface area contributed by atoms with Crippen molar-refractivity contribution in [3.8, 4) is 5.75 Å². The summed E-state index contributed by atoms with van der Waals surface area (Å²) in [6.45, 7) is 7.96. The number of anilines is 1. The number of carbonyl (C=O) groups excluding carboxylic acids is 2. The van der Waals surface area contributed by atoms with Crippen LogP contribution in [-0.4, -0.2) is 106 Å². The van der Waals surface area contributed by atoms with Gasteiger partial charge in [-0.25, -0.2) is 0 Å². The minimum Gasteiger partial charge on any atom is -0.497 e. The fraction of sp³-hybridized carbons (Fsp3) is 0.500. The van der Waals surface area contributed by atoms with E-state index in [0.717, 1.165) is 56.3 Å². The lowest BCUT2D eigenvalue weighted by atomic mass is 10.1. The minimum absolute atomic E-state index is 0.0678. The average Bonchev–Trinajstić information content (AvgIpc) is 2.94. The Bertz CT molecular complexity index is 960. The van der Waals surface area contributed by atoms with E-state index < -0.39 is 11.8 Å². The van der Waals surface area contributed by atoms with Gasteiger partial charge in [0.05, 0.1) is 26.4 Å². The molecule has 2 aliphatic heterocycles. The van der Waals surface area contributed by atoms with E-state index in [-0.39, 0.29) is 6.04 Å². The maximum atomic E-state index is 12.5. The van der Waals surface area contributed by atoms with Crippen molar-refractivity contribution in [2.75, 3.05) is 84.1 Å². The Morgan fingerprint density at radius 1 is 1.00 bits per heavy atom.